The fraction of sp³-hybridized carbons (Fsp3) is 0.250. The van der Waals surface area contributed by atoms with Crippen molar-refractivity contribution in [3.63, 3.8) is 0 Å². The standard InChI is InChI=1S/C20H23N3O6/c1-3-27-15-8-10-17(11-9-15)29-13(2)19(25)22-23-20(26)14-4-6-16(7-5-14)28-12-18(21)24/h4-11,13H,3,12H2,1-2H3,(H2,21,24)(H,22,25)(H,23,26). The SMILES string of the molecule is CCOc1ccc(OC(C)C(=O)NNC(=O)c2ccc(OCC(N)=O)cc2)cc1. The van der Waals surface area contributed by atoms with Gasteiger partial charge in [0.25, 0.3) is 17.7 Å². The van der Waals surface area contributed by atoms with Crippen molar-refractivity contribution in [3.8, 4) is 17.2 Å². The van der Waals surface area contributed by atoms with Crippen LogP contribution in [0.3, 0.4) is 0 Å². The Labute approximate surface area is 168 Å². The van der Waals surface area contributed by atoms with Gasteiger partial charge in [-0.25, -0.2) is 0 Å². The van der Waals surface area contributed by atoms with Crippen molar-refractivity contribution in [2.75, 3.05) is 13.2 Å². The molecule has 29 heavy (non-hydrogen) atoms. The highest BCUT2D eigenvalue weighted by molar-refractivity contribution is 5.95. The molecule has 0 aliphatic heterocycles. The number of primary amides is 1. The second-order valence-electron chi connectivity index (χ2n) is 5.89. The van der Waals surface area contributed by atoms with E-state index in [2.05, 4.69) is 10.9 Å². The number of hydrogen-bond donors (Lipinski definition) is 3. The van der Waals surface area contributed by atoms with Gasteiger partial charge < -0.3 is 19.9 Å². The summed E-state index contributed by atoms with van der Waals surface area (Å²) in [5, 5.41) is 0. The molecule has 0 aromatic heterocycles. The first-order chi connectivity index (χ1) is 13.9. The van der Waals surface area contributed by atoms with Gasteiger partial charge in [0.15, 0.2) is 12.7 Å². The van der Waals surface area contributed by atoms with E-state index in [-0.39, 0.29) is 12.2 Å². The summed E-state index contributed by atoms with van der Waals surface area (Å²) in [5.41, 5.74) is 9.90. The lowest BCUT2D eigenvalue weighted by Crippen LogP contribution is -2.47. The van der Waals surface area contributed by atoms with Crippen LogP contribution >= 0.6 is 0 Å². The molecule has 9 heteroatoms. The van der Waals surface area contributed by atoms with Crippen molar-refractivity contribution < 1.29 is 28.6 Å². The normalized spacial score (nSPS) is 11.1. The van der Waals surface area contributed by atoms with E-state index in [1.165, 1.54) is 24.3 Å². The van der Waals surface area contributed by atoms with Crippen LogP contribution in [0.1, 0.15) is 24.2 Å². The molecule has 0 heterocycles. The van der Waals surface area contributed by atoms with E-state index in [1.54, 1.807) is 31.2 Å². The third-order valence-corrected chi connectivity index (χ3v) is 3.61. The number of amides is 3. The topological polar surface area (TPSA) is 129 Å². The quantitative estimate of drug-likeness (QED) is 0.541. The summed E-state index contributed by atoms with van der Waals surface area (Å²) in [5.74, 6) is -0.0520. The molecular weight excluding hydrogens is 378 g/mol. The Bertz CT molecular complexity index is 836. The maximum absolute atomic E-state index is 12.1. The summed E-state index contributed by atoms with van der Waals surface area (Å²) in [6.07, 6.45) is -0.835. The van der Waals surface area contributed by atoms with Crippen LogP contribution < -0.4 is 30.8 Å². The van der Waals surface area contributed by atoms with Gasteiger partial charge >= 0.3 is 0 Å². The minimum Gasteiger partial charge on any atom is -0.494 e. The third-order valence-electron chi connectivity index (χ3n) is 3.61. The van der Waals surface area contributed by atoms with Gasteiger partial charge in [-0.15, -0.1) is 0 Å². The molecule has 1 atom stereocenters. The van der Waals surface area contributed by atoms with Gasteiger partial charge in [-0.05, 0) is 62.4 Å². The maximum Gasteiger partial charge on any atom is 0.279 e. The zero-order chi connectivity index (χ0) is 21.2. The van der Waals surface area contributed by atoms with E-state index in [0.29, 0.717) is 23.9 Å². The average Bonchev–Trinajstić information content (AvgIpc) is 2.72. The smallest absolute Gasteiger partial charge is 0.279 e. The highest BCUT2D eigenvalue weighted by Gasteiger charge is 2.16. The Morgan fingerprint density at radius 3 is 2.03 bits per heavy atom. The van der Waals surface area contributed by atoms with Gasteiger partial charge in [-0.2, -0.15) is 0 Å². The van der Waals surface area contributed by atoms with Gasteiger partial charge in [0, 0.05) is 5.56 Å². The van der Waals surface area contributed by atoms with Crippen LogP contribution in [0.4, 0.5) is 0 Å². The first kappa shape index (κ1) is 21.5. The maximum atomic E-state index is 12.1. The van der Waals surface area contributed by atoms with Gasteiger partial charge in [-0.1, -0.05) is 0 Å². The molecule has 9 nitrogen and oxygen atoms in total. The number of rotatable bonds is 9. The Morgan fingerprint density at radius 1 is 0.897 bits per heavy atom. The summed E-state index contributed by atoms with van der Waals surface area (Å²) in [4.78, 5) is 34.9. The molecule has 0 saturated heterocycles. The number of nitrogens with two attached hydrogens (primary N) is 1. The van der Waals surface area contributed by atoms with Gasteiger partial charge in [-0.3, -0.25) is 25.2 Å². The van der Waals surface area contributed by atoms with Crippen molar-refractivity contribution in [1.29, 1.82) is 0 Å². The average molecular weight is 401 g/mol. The highest BCUT2D eigenvalue weighted by atomic mass is 16.5. The first-order valence-corrected chi connectivity index (χ1v) is 8.90. The lowest BCUT2D eigenvalue weighted by atomic mass is 10.2. The van der Waals surface area contributed by atoms with Crippen molar-refractivity contribution in [2.24, 2.45) is 5.73 Å². The molecule has 0 radical (unpaired) electrons. The number of hydrogen-bond acceptors (Lipinski definition) is 6. The molecule has 154 valence electrons. The van der Waals surface area contributed by atoms with Crippen LogP contribution in [0, 0.1) is 0 Å². The van der Waals surface area contributed by atoms with Crippen molar-refractivity contribution in [2.45, 2.75) is 20.0 Å². The van der Waals surface area contributed by atoms with Crippen LogP contribution in [0.2, 0.25) is 0 Å². The molecule has 0 aliphatic carbocycles. The third kappa shape index (κ3) is 7.06. The van der Waals surface area contributed by atoms with Crippen molar-refractivity contribution >= 4 is 17.7 Å². The molecule has 2 aromatic rings. The lowest BCUT2D eigenvalue weighted by Gasteiger charge is -2.15. The number of hydrazine groups is 1. The molecule has 0 saturated carbocycles. The fourth-order valence-electron chi connectivity index (χ4n) is 2.19. The predicted octanol–water partition coefficient (Wildman–Crippen LogP) is 1.18. The molecule has 0 aliphatic rings. The monoisotopic (exact) mass is 401 g/mol. The first-order valence-electron chi connectivity index (χ1n) is 8.90. The Hall–Kier alpha value is -3.75. The molecule has 3 amide bonds. The summed E-state index contributed by atoms with van der Waals surface area (Å²) in [6, 6.07) is 12.8. The molecule has 4 N–H and O–H groups in total. The molecular formula is C20H23N3O6. The van der Waals surface area contributed by atoms with Crippen molar-refractivity contribution in [3.05, 3.63) is 54.1 Å². The highest BCUT2D eigenvalue weighted by Crippen LogP contribution is 2.18. The Morgan fingerprint density at radius 2 is 1.45 bits per heavy atom. The number of carbonyl (C=O) groups is 3. The van der Waals surface area contributed by atoms with Gasteiger partial charge in [0.1, 0.15) is 17.2 Å². The molecule has 2 rings (SSSR count). The van der Waals surface area contributed by atoms with E-state index in [9.17, 15) is 14.4 Å². The van der Waals surface area contributed by atoms with Crippen LogP contribution in [0.5, 0.6) is 17.2 Å². The summed E-state index contributed by atoms with van der Waals surface area (Å²) >= 11 is 0. The van der Waals surface area contributed by atoms with E-state index in [1.807, 2.05) is 6.92 Å². The van der Waals surface area contributed by atoms with E-state index >= 15 is 0 Å². The number of benzene rings is 2. The Kier molecular flexibility index (Phi) is 7.84. The van der Waals surface area contributed by atoms with Gasteiger partial charge in [0.2, 0.25) is 0 Å². The van der Waals surface area contributed by atoms with E-state index in [0.717, 1.165) is 0 Å². The zero-order valence-electron chi connectivity index (χ0n) is 16.1. The largest absolute Gasteiger partial charge is 0.494 e. The summed E-state index contributed by atoms with van der Waals surface area (Å²) < 4.78 is 16.0. The molecule has 0 bridgehead atoms. The van der Waals surface area contributed by atoms with Crippen LogP contribution in [-0.4, -0.2) is 37.0 Å². The second-order valence-corrected chi connectivity index (χ2v) is 5.89. The number of nitrogens with one attached hydrogen (secondary N) is 2. The Balaban J connectivity index is 1.81. The summed E-state index contributed by atoms with van der Waals surface area (Å²) in [7, 11) is 0. The van der Waals surface area contributed by atoms with Crippen molar-refractivity contribution in [1.82, 2.24) is 10.9 Å². The molecule has 0 spiro atoms. The van der Waals surface area contributed by atoms with Crippen LogP contribution in [-0.2, 0) is 9.59 Å². The van der Waals surface area contributed by atoms with E-state index < -0.39 is 23.8 Å². The minimum atomic E-state index is -0.835. The second kappa shape index (κ2) is 10.5. The van der Waals surface area contributed by atoms with E-state index in [4.69, 9.17) is 19.9 Å². The molecule has 1 unspecified atom stereocenters. The summed E-state index contributed by atoms with van der Waals surface area (Å²) in [6.45, 7) is 3.75. The van der Waals surface area contributed by atoms with Gasteiger partial charge in [0.05, 0.1) is 6.61 Å². The molecule has 2 aromatic carbocycles. The predicted molar refractivity (Wildman–Crippen MR) is 104 cm³/mol. The van der Waals surface area contributed by atoms with Crippen LogP contribution in [0.15, 0.2) is 48.5 Å². The van der Waals surface area contributed by atoms with Crippen LogP contribution in [0.25, 0.3) is 0 Å². The minimum absolute atomic E-state index is 0.256. The lowest BCUT2D eigenvalue weighted by molar-refractivity contribution is -0.128. The molecule has 0 fully saturated rings. The number of ether oxygens (including phenoxy) is 3. The zero-order valence-corrected chi connectivity index (χ0v) is 16.1. The fourth-order valence-corrected chi connectivity index (χ4v) is 2.19. The number of carbonyl (C=O) groups excluding carboxylic acids is 3.